The van der Waals surface area contributed by atoms with Crippen LogP contribution in [0.5, 0.6) is 0 Å². The topological polar surface area (TPSA) is 145 Å². The van der Waals surface area contributed by atoms with Gasteiger partial charge in [-0.2, -0.15) is 5.26 Å². The van der Waals surface area contributed by atoms with Crippen molar-refractivity contribution in [3.63, 3.8) is 0 Å². The molecule has 0 bridgehead atoms. The minimum Gasteiger partial charge on any atom is -0.464 e. The van der Waals surface area contributed by atoms with Gasteiger partial charge in [0, 0.05) is 11.8 Å². The Labute approximate surface area is 232 Å². The van der Waals surface area contributed by atoms with Crippen LogP contribution < -0.4 is 5.32 Å². The van der Waals surface area contributed by atoms with Gasteiger partial charge >= 0.3 is 13.2 Å². The Hall–Kier alpha value is -4.11. The molecule has 1 aliphatic rings. The number of nitrogens with one attached hydrogen (secondary N) is 1. The number of nitrogens with zero attached hydrogens (tertiary/aromatic N) is 2. The highest BCUT2D eigenvalue weighted by Crippen LogP contribution is 2.22. The Morgan fingerprint density at radius 3 is 2.67 bits per heavy atom. The molecule has 1 aromatic heterocycles. The molecule has 10 nitrogen and oxygen atoms in total. The number of carbonyl (C=O) groups excluding carboxylic acids is 2. The van der Waals surface area contributed by atoms with E-state index in [1.165, 1.54) is 6.26 Å². The summed E-state index contributed by atoms with van der Waals surface area (Å²) in [7, 11) is -1.80. The van der Waals surface area contributed by atoms with Crippen LogP contribution in [0.3, 0.4) is 0 Å². The molecule has 2 aromatic carbocycles. The van der Waals surface area contributed by atoms with Crippen molar-refractivity contribution in [2.24, 2.45) is 0 Å². The Bertz CT molecular complexity index is 1400. The minimum atomic E-state index is -1.80. The highest BCUT2D eigenvalue weighted by molar-refractivity contribution is 6.43. The number of hydrogen-bond acceptors (Lipinski definition) is 8. The van der Waals surface area contributed by atoms with E-state index in [1.807, 2.05) is 50.2 Å². The molecule has 40 heavy (non-hydrogen) atoms. The lowest BCUT2D eigenvalue weighted by atomic mass is 9.76. The summed E-state index contributed by atoms with van der Waals surface area (Å²) in [5.41, 5.74) is 2.94. The zero-order valence-corrected chi connectivity index (χ0v) is 22.4. The molecule has 1 saturated heterocycles. The van der Waals surface area contributed by atoms with Crippen molar-refractivity contribution in [3.8, 4) is 6.07 Å². The first-order valence-electron chi connectivity index (χ1n) is 13.1. The molecule has 4 rings (SSSR count). The summed E-state index contributed by atoms with van der Waals surface area (Å²) in [5, 5.41) is 32.6. The number of benzene rings is 2. The number of hydrogen-bond donors (Lipinski definition) is 3. The molecule has 1 aliphatic heterocycles. The van der Waals surface area contributed by atoms with E-state index in [2.05, 4.69) is 5.32 Å². The molecule has 0 spiro atoms. The number of carbonyl (C=O) groups is 2. The monoisotopic (exact) mass is 545 g/mol. The van der Waals surface area contributed by atoms with E-state index in [-0.39, 0.29) is 36.6 Å². The first-order valence-corrected chi connectivity index (χ1v) is 13.1. The van der Waals surface area contributed by atoms with Gasteiger partial charge in [-0.15, -0.1) is 0 Å². The standard InChI is InChI=1S/C29H32BN3O7/c1-19-16-38-17-20(2)33(19)28(34)23(15-31)13-22-7-5-6-21(12-22)10-11-39-29(35)32-27(30(36)37)14-24-18-40-26-9-4-3-8-25(24)26/h3-9,12-13,18-20,27,36-37H,10-11,14,16-17H2,1-2H3,(H,32,35)/t19-,20+,27-/m0/s1. The molecule has 3 N–H and O–H groups in total. The second-order valence-corrected chi connectivity index (χ2v) is 9.87. The fourth-order valence-electron chi connectivity index (χ4n) is 4.80. The molecule has 0 radical (unpaired) electrons. The number of para-hydroxylation sites is 1. The van der Waals surface area contributed by atoms with Crippen LogP contribution in [0.25, 0.3) is 17.0 Å². The van der Waals surface area contributed by atoms with E-state index in [0.717, 1.165) is 16.5 Å². The number of furan rings is 1. The van der Waals surface area contributed by atoms with Gasteiger partial charge in [-0.05, 0) is 49.1 Å². The highest BCUT2D eigenvalue weighted by atomic mass is 16.5. The Morgan fingerprint density at radius 1 is 1.20 bits per heavy atom. The lowest BCUT2D eigenvalue weighted by Gasteiger charge is -2.38. The van der Waals surface area contributed by atoms with Gasteiger partial charge in [0.05, 0.1) is 44.1 Å². The lowest BCUT2D eigenvalue weighted by molar-refractivity contribution is -0.139. The van der Waals surface area contributed by atoms with Crippen molar-refractivity contribution < 1.29 is 33.5 Å². The van der Waals surface area contributed by atoms with Crippen molar-refractivity contribution in [3.05, 3.63) is 77.1 Å². The number of fused-ring (bicyclic) bond motifs is 1. The number of rotatable bonds is 9. The zero-order valence-electron chi connectivity index (χ0n) is 22.4. The third-order valence-corrected chi connectivity index (χ3v) is 6.80. The first kappa shape index (κ1) is 28.9. The average Bonchev–Trinajstić information content (AvgIpc) is 3.34. The van der Waals surface area contributed by atoms with Crippen molar-refractivity contribution in [1.82, 2.24) is 10.2 Å². The van der Waals surface area contributed by atoms with E-state index in [1.54, 1.807) is 29.2 Å². The fourth-order valence-corrected chi connectivity index (χ4v) is 4.80. The molecule has 1 fully saturated rings. The average molecular weight is 545 g/mol. The maximum atomic E-state index is 13.1. The van der Waals surface area contributed by atoms with E-state index >= 15 is 0 Å². The summed E-state index contributed by atoms with van der Waals surface area (Å²) >= 11 is 0. The largest absolute Gasteiger partial charge is 0.475 e. The highest BCUT2D eigenvalue weighted by Gasteiger charge is 2.31. The smallest absolute Gasteiger partial charge is 0.464 e. The van der Waals surface area contributed by atoms with Crippen LogP contribution in [0.1, 0.15) is 30.5 Å². The van der Waals surface area contributed by atoms with Gasteiger partial charge in [0.1, 0.15) is 17.2 Å². The Balaban J connectivity index is 1.33. The molecular formula is C29H32BN3O7. The van der Waals surface area contributed by atoms with Crippen LogP contribution in [0.15, 0.2) is 64.8 Å². The molecule has 208 valence electrons. The number of ether oxygens (including phenoxy) is 2. The van der Waals surface area contributed by atoms with Gasteiger partial charge in [0.2, 0.25) is 0 Å². The maximum Gasteiger partial charge on any atom is 0.475 e. The molecule has 11 heteroatoms. The third kappa shape index (κ3) is 7.10. The molecule has 2 amide bonds. The summed E-state index contributed by atoms with van der Waals surface area (Å²) in [6, 6.07) is 16.4. The van der Waals surface area contributed by atoms with Crippen molar-refractivity contribution in [2.45, 2.75) is 44.7 Å². The van der Waals surface area contributed by atoms with Gasteiger partial charge in [0.15, 0.2) is 0 Å². The summed E-state index contributed by atoms with van der Waals surface area (Å²) in [5.74, 6) is -1.33. The maximum absolute atomic E-state index is 13.1. The fraction of sp³-hybridized carbons (Fsp3) is 0.345. The molecule has 0 saturated carbocycles. The SMILES string of the molecule is C[C@@H]1COC[C@H](C)N1C(=O)C(C#N)=Cc1cccc(CCOC(=O)N[C@@H](Cc2coc3ccccc23)B(O)O)c1. The second-order valence-electron chi connectivity index (χ2n) is 9.87. The summed E-state index contributed by atoms with van der Waals surface area (Å²) in [6.07, 6.45) is 2.82. The third-order valence-electron chi connectivity index (χ3n) is 6.80. The minimum absolute atomic E-state index is 0.0346. The van der Waals surface area contributed by atoms with Crippen LogP contribution in [0.4, 0.5) is 4.79 Å². The van der Waals surface area contributed by atoms with Crippen LogP contribution >= 0.6 is 0 Å². The van der Waals surface area contributed by atoms with Crippen LogP contribution in [0, 0.1) is 11.3 Å². The van der Waals surface area contributed by atoms with E-state index in [0.29, 0.717) is 30.8 Å². The summed E-state index contributed by atoms with van der Waals surface area (Å²) in [6.45, 7) is 4.67. The normalized spacial score (nSPS) is 18.2. The predicted molar refractivity (Wildman–Crippen MR) is 149 cm³/mol. The molecule has 0 unspecified atom stereocenters. The Morgan fingerprint density at radius 2 is 1.95 bits per heavy atom. The van der Waals surface area contributed by atoms with E-state index in [4.69, 9.17) is 13.9 Å². The molecule has 2 heterocycles. The van der Waals surface area contributed by atoms with Crippen molar-refractivity contribution >= 4 is 36.2 Å². The summed E-state index contributed by atoms with van der Waals surface area (Å²) < 4.78 is 16.3. The molecule has 3 aromatic rings. The van der Waals surface area contributed by atoms with E-state index in [9.17, 15) is 24.9 Å². The lowest BCUT2D eigenvalue weighted by Crippen LogP contribution is -2.52. The van der Waals surface area contributed by atoms with Gasteiger partial charge in [-0.25, -0.2) is 4.79 Å². The van der Waals surface area contributed by atoms with Gasteiger partial charge in [-0.3, -0.25) is 4.79 Å². The molecular weight excluding hydrogens is 513 g/mol. The van der Waals surface area contributed by atoms with Crippen molar-refractivity contribution in [2.75, 3.05) is 19.8 Å². The van der Waals surface area contributed by atoms with E-state index < -0.39 is 19.2 Å². The quantitative estimate of drug-likeness (QED) is 0.212. The van der Waals surface area contributed by atoms with Crippen LogP contribution in [-0.2, 0) is 27.1 Å². The van der Waals surface area contributed by atoms with Gasteiger partial charge in [-0.1, -0.05) is 42.5 Å². The molecule has 3 atom stereocenters. The zero-order chi connectivity index (χ0) is 28.6. The van der Waals surface area contributed by atoms with Gasteiger partial charge in [0.25, 0.3) is 5.91 Å². The predicted octanol–water partition coefficient (Wildman–Crippen LogP) is 2.87. The number of nitriles is 1. The van der Waals surface area contributed by atoms with Crippen LogP contribution in [0.2, 0.25) is 0 Å². The number of morpholine rings is 1. The van der Waals surface area contributed by atoms with Crippen LogP contribution in [-0.4, -0.2) is 71.9 Å². The number of alkyl carbamates (subject to hydrolysis) is 1. The second kappa shape index (κ2) is 13.3. The van der Waals surface area contributed by atoms with Gasteiger partial charge < -0.3 is 34.2 Å². The first-order chi connectivity index (χ1) is 19.3. The number of amides is 2. The summed E-state index contributed by atoms with van der Waals surface area (Å²) in [4.78, 5) is 27.1. The Kier molecular flexibility index (Phi) is 9.61. The molecule has 0 aliphatic carbocycles. The van der Waals surface area contributed by atoms with Crippen molar-refractivity contribution in [1.29, 1.82) is 5.26 Å².